The van der Waals surface area contributed by atoms with Crippen molar-refractivity contribution in [1.29, 1.82) is 0 Å². The first kappa shape index (κ1) is 15.8. The van der Waals surface area contributed by atoms with E-state index in [1.807, 2.05) is 42.5 Å². The predicted octanol–water partition coefficient (Wildman–Crippen LogP) is 3.75. The molecule has 1 saturated carbocycles. The number of rotatable bonds is 3. The summed E-state index contributed by atoms with van der Waals surface area (Å²) in [4.78, 5) is 17.7. The Morgan fingerprint density at radius 2 is 1.92 bits per heavy atom. The second kappa shape index (κ2) is 7.05. The molecule has 0 radical (unpaired) electrons. The standard InChI is InChI=1S/C20H21N3O2/c24-20(14-17-16-10-4-5-11-18(16)25-22-17)23-13-7-6-12-19(23)21-15-8-2-1-3-9-15/h4-7,10-13,15H,1-3,8-9,14H2. The van der Waals surface area contributed by atoms with E-state index in [1.165, 1.54) is 19.3 Å². The van der Waals surface area contributed by atoms with Crippen LogP contribution in [0.5, 0.6) is 0 Å². The minimum absolute atomic E-state index is 0.0470. The fourth-order valence-corrected chi connectivity index (χ4v) is 3.44. The molecule has 1 aromatic carbocycles. The number of nitrogens with zero attached hydrogens (tertiary/aromatic N) is 3. The van der Waals surface area contributed by atoms with Crippen LogP contribution in [0.1, 0.15) is 42.6 Å². The Labute approximate surface area is 146 Å². The lowest BCUT2D eigenvalue weighted by Crippen LogP contribution is -2.29. The summed E-state index contributed by atoms with van der Waals surface area (Å²) in [6.45, 7) is 0. The highest BCUT2D eigenvalue weighted by molar-refractivity contribution is 5.87. The molecule has 0 N–H and O–H groups in total. The monoisotopic (exact) mass is 335 g/mol. The Bertz CT molecular complexity index is 948. The van der Waals surface area contributed by atoms with E-state index >= 15 is 0 Å². The quantitative estimate of drug-likeness (QED) is 0.732. The molecule has 5 nitrogen and oxygen atoms in total. The molecular weight excluding hydrogens is 314 g/mol. The molecular formula is C20H21N3O2. The summed E-state index contributed by atoms with van der Waals surface area (Å²) >= 11 is 0. The average molecular weight is 335 g/mol. The molecule has 2 aromatic heterocycles. The van der Waals surface area contributed by atoms with Crippen molar-refractivity contribution in [2.75, 3.05) is 0 Å². The van der Waals surface area contributed by atoms with Gasteiger partial charge < -0.3 is 4.52 Å². The number of para-hydroxylation sites is 1. The number of carbonyl (C=O) groups is 1. The third-order valence-electron chi connectivity index (χ3n) is 4.77. The normalized spacial score (nSPS) is 16.4. The number of aromatic nitrogens is 2. The Hall–Kier alpha value is -2.69. The zero-order valence-electron chi connectivity index (χ0n) is 14.1. The van der Waals surface area contributed by atoms with Gasteiger partial charge in [0.15, 0.2) is 5.58 Å². The fourth-order valence-electron chi connectivity index (χ4n) is 3.44. The lowest BCUT2D eigenvalue weighted by Gasteiger charge is -2.17. The third kappa shape index (κ3) is 3.40. The van der Waals surface area contributed by atoms with Crippen LogP contribution in [-0.4, -0.2) is 21.7 Å². The van der Waals surface area contributed by atoms with Gasteiger partial charge in [0.1, 0.15) is 11.2 Å². The summed E-state index contributed by atoms with van der Waals surface area (Å²) in [6, 6.07) is 13.6. The molecule has 1 aliphatic rings. The molecule has 1 aliphatic carbocycles. The number of carbonyl (C=O) groups excluding carboxylic acids is 1. The van der Waals surface area contributed by atoms with E-state index in [9.17, 15) is 4.79 Å². The Balaban J connectivity index is 1.63. The summed E-state index contributed by atoms with van der Waals surface area (Å²) in [7, 11) is 0. The van der Waals surface area contributed by atoms with Crippen molar-refractivity contribution in [1.82, 2.24) is 9.72 Å². The van der Waals surface area contributed by atoms with Gasteiger partial charge in [0, 0.05) is 11.6 Å². The van der Waals surface area contributed by atoms with Crippen LogP contribution < -0.4 is 5.49 Å². The van der Waals surface area contributed by atoms with Gasteiger partial charge in [-0.25, -0.2) is 0 Å². The van der Waals surface area contributed by atoms with Crippen LogP contribution in [0.15, 0.2) is 58.2 Å². The topological polar surface area (TPSA) is 60.4 Å². The molecule has 2 heterocycles. The van der Waals surface area contributed by atoms with E-state index < -0.39 is 0 Å². The van der Waals surface area contributed by atoms with Crippen LogP contribution in [0.2, 0.25) is 0 Å². The second-order valence-corrected chi connectivity index (χ2v) is 6.55. The van der Waals surface area contributed by atoms with E-state index in [1.54, 1.807) is 10.8 Å². The van der Waals surface area contributed by atoms with Crippen molar-refractivity contribution < 1.29 is 9.32 Å². The van der Waals surface area contributed by atoms with Gasteiger partial charge in [-0.1, -0.05) is 42.6 Å². The molecule has 0 amide bonds. The number of pyridine rings is 1. The van der Waals surface area contributed by atoms with Gasteiger partial charge in [-0.15, -0.1) is 0 Å². The van der Waals surface area contributed by atoms with Crippen LogP contribution in [0.4, 0.5) is 0 Å². The highest BCUT2D eigenvalue weighted by Gasteiger charge is 2.15. The minimum Gasteiger partial charge on any atom is -0.356 e. The van der Waals surface area contributed by atoms with Gasteiger partial charge in [-0.3, -0.25) is 14.4 Å². The molecule has 5 heteroatoms. The molecule has 3 aromatic rings. The van der Waals surface area contributed by atoms with Crippen molar-refractivity contribution in [3.63, 3.8) is 0 Å². The van der Waals surface area contributed by atoms with Crippen molar-refractivity contribution in [3.8, 4) is 0 Å². The van der Waals surface area contributed by atoms with E-state index in [0.717, 1.165) is 23.7 Å². The fraction of sp³-hybridized carbons (Fsp3) is 0.350. The van der Waals surface area contributed by atoms with Crippen LogP contribution in [0.25, 0.3) is 11.0 Å². The van der Waals surface area contributed by atoms with Gasteiger partial charge >= 0.3 is 0 Å². The molecule has 0 unspecified atom stereocenters. The maximum absolute atomic E-state index is 12.8. The maximum atomic E-state index is 12.8. The summed E-state index contributed by atoms with van der Waals surface area (Å²) in [5.74, 6) is -0.0470. The second-order valence-electron chi connectivity index (χ2n) is 6.55. The van der Waals surface area contributed by atoms with Crippen molar-refractivity contribution in [2.24, 2.45) is 4.99 Å². The summed E-state index contributed by atoms with van der Waals surface area (Å²) < 4.78 is 6.94. The Kier molecular flexibility index (Phi) is 4.46. The smallest absolute Gasteiger partial charge is 0.238 e. The van der Waals surface area contributed by atoms with E-state index in [0.29, 0.717) is 17.3 Å². The zero-order chi connectivity index (χ0) is 17.1. The van der Waals surface area contributed by atoms with E-state index in [-0.39, 0.29) is 12.3 Å². The Morgan fingerprint density at radius 3 is 2.80 bits per heavy atom. The number of benzene rings is 1. The van der Waals surface area contributed by atoms with Crippen LogP contribution in [-0.2, 0) is 6.42 Å². The molecule has 0 atom stereocenters. The molecule has 0 aliphatic heterocycles. The summed E-state index contributed by atoms with van der Waals surface area (Å²) in [5, 5.41) is 4.95. The summed E-state index contributed by atoms with van der Waals surface area (Å²) in [5.41, 5.74) is 2.10. The number of fused-ring (bicyclic) bond motifs is 1. The van der Waals surface area contributed by atoms with Crippen molar-refractivity contribution in [3.05, 3.63) is 59.8 Å². The van der Waals surface area contributed by atoms with Gasteiger partial charge in [0.25, 0.3) is 0 Å². The van der Waals surface area contributed by atoms with Crippen LogP contribution >= 0.6 is 0 Å². The molecule has 4 rings (SSSR count). The predicted molar refractivity (Wildman–Crippen MR) is 95.2 cm³/mol. The van der Waals surface area contributed by atoms with Crippen LogP contribution in [0, 0.1) is 0 Å². The maximum Gasteiger partial charge on any atom is 0.238 e. The molecule has 1 fully saturated rings. The average Bonchev–Trinajstić information content (AvgIpc) is 3.06. The van der Waals surface area contributed by atoms with E-state index in [2.05, 4.69) is 5.16 Å². The lowest BCUT2D eigenvalue weighted by atomic mass is 9.96. The van der Waals surface area contributed by atoms with E-state index in [4.69, 9.17) is 9.52 Å². The Morgan fingerprint density at radius 1 is 1.12 bits per heavy atom. The molecule has 128 valence electrons. The van der Waals surface area contributed by atoms with Gasteiger partial charge in [-0.05, 0) is 37.1 Å². The first-order chi connectivity index (χ1) is 12.3. The molecule has 0 spiro atoms. The first-order valence-corrected chi connectivity index (χ1v) is 8.89. The van der Waals surface area contributed by atoms with Gasteiger partial charge in [0.2, 0.25) is 5.91 Å². The van der Waals surface area contributed by atoms with Crippen molar-refractivity contribution in [2.45, 2.75) is 44.6 Å². The number of hydrogen-bond donors (Lipinski definition) is 0. The first-order valence-electron chi connectivity index (χ1n) is 8.89. The highest BCUT2D eigenvalue weighted by Crippen LogP contribution is 2.20. The minimum atomic E-state index is -0.0470. The summed E-state index contributed by atoms with van der Waals surface area (Å²) in [6.07, 6.45) is 7.93. The molecule has 0 saturated heterocycles. The lowest BCUT2D eigenvalue weighted by molar-refractivity contribution is 0.0906. The van der Waals surface area contributed by atoms with Gasteiger partial charge in [0.05, 0.1) is 12.5 Å². The SMILES string of the molecule is O=C(Cc1noc2ccccc12)n1ccccc1=NC1CCCCC1. The largest absolute Gasteiger partial charge is 0.356 e. The highest BCUT2D eigenvalue weighted by atomic mass is 16.5. The van der Waals surface area contributed by atoms with Gasteiger partial charge in [-0.2, -0.15) is 0 Å². The number of hydrogen-bond acceptors (Lipinski definition) is 4. The zero-order valence-corrected chi connectivity index (χ0v) is 14.1. The molecule has 0 bridgehead atoms. The molecule has 25 heavy (non-hydrogen) atoms. The van der Waals surface area contributed by atoms with Crippen molar-refractivity contribution >= 4 is 16.9 Å². The van der Waals surface area contributed by atoms with Crippen LogP contribution in [0.3, 0.4) is 0 Å². The third-order valence-corrected chi connectivity index (χ3v) is 4.77.